The van der Waals surface area contributed by atoms with E-state index in [1.807, 2.05) is 0 Å². The van der Waals surface area contributed by atoms with Gasteiger partial charge >= 0.3 is 5.97 Å². The molecular weight excluding hydrogens is 242 g/mol. The Morgan fingerprint density at radius 3 is 2.72 bits per heavy atom. The van der Waals surface area contributed by atoms with Crippen molar-refractivity contribution in [2.45, 2.75) is 37.5 Å². The van der Waals surface area contributed by atoms with Crippen LogP contribution >= 0.6 is 0 Å². The molecule has 1 aromatic rings. The van der Waals surface area contributed by atoms with Gasteiger partial charge in [0.1, 0.15) is 5.75 Å². The predicted molar refractivity (Wildman–Crippen MR) is 61.0 cm³/mol. The molecule has 1 aliphatic carbocycles. The smallest absolute Gasteiger partial charge is 0.307 e. The Kier molecular flexibility index (Phi) is 3.24. The first kappa shape index (κ1) is 12.8. The number of rotatable bonds is 3. The second-order valence-electron chi connectivity index (χ2n) is 4.72. The van der Waals surface area contributed by atoms with E-state index in [1.165, 1.54) is 6.07 Å². The van der Waals surface area contributed by atoms with Crippen molar-refractivity contribution in [1.29, 1.82) is 0 Å². The predicted octanol–water partition coefficient (Wildman–Crippen LogP) is 2.92. The molecule has 0 saturated heterocycles. The van der Waals surface area contributed by atoms with E-state index < -0.39 is 17.8 Å². The third kappa shape index (κ3) is 2.60. The molecule has 0 amide bonds. The Hall–Kier alpha value is -1.65. The Balaban J connectivity index is 2.26. The maximum absolute atomic E-state index is 13.1. The van der Waals surface area contributed by atoms with E-state index >= 15 is 0 Å². The van der Waals surface area contributed by atoms with Gasteiger partial charge < -0.3 is 10.2 Å². The summed E-state index contributed by atoms with van der Waals surface area (Å²) in [5, 5.41) is 18.7. The molecule has 0 unspecified atom stereocenters. The number of phenolic OH excluding ortho intramolecular Hbond substituents is 1. The fraction of sp³-hybridized carbons (Fsp3) is 0.462. The molecule has 5 heteroatoms. The number of phenols is 1. The van der Waals surface area contributed by atoms with Crippen molar-refractivity contribution in [2.75, 3.05) is 0 Å². The molecule has 0 radical (unpaired) electrons. The quantitative estimate of drug-likeness (QED) is 0.874. The number of carboxylic acids is 1. The molecule has 2 rings (SSSR count). The number of alkyl halides is 2. The zero-order valence-electron chi connectivity index (χ0n) is 9.70. The first-order valence-electron chi connectivity index (χ1n) is 5.79. The van der Waals surface area contributed by atoms with Crippen molar-refractivity contribution < 1.29 is 23.8 Å². The third-order valence-corrected chi connectivity index (χ3v) is 3.34. The number of carbonyl (C=O) groups is 1. The summed E-state index contributed by atoms with van der Waals surface area (Å²) in [6.45, 7) is 0. The molecule has 1 fully saturated rings. The molecule has 1 aliphatic rings. The molecule has 0 aliphatic heterocycles. The van der Waals surface area contributed by atoms with E-state index in [0.717, 1.165) is 0 Å². The van der Waals surface area contributed by atoms with Crippen molar-refractivity contribution in [3.8, 4) is 5.75 Å². The third-order valence-electron chi connectivity index (χ3n) is 3.34. The number of para-hydroxylation sites is 1. The fourth-order valence-electron chi connectivity index (χ4n) is 2.46. The van der Waals surface area contributed by atoms with E-state index in [0.29, 0.717) is 12.0 Å². The summed E-state index contributed by atoms with van der Waals surface area (Å²) >= 11 is 0. The Morgan fingerprint density at radius 1 is 1.44 bits per heavy atom. The Morgan fingerprint density at radius 2 is 2.17 bits per heavy atom. The van der Waals surface area contributed by atoms with Crippen LogP contribution in [0.25, 0.3) is 0 Å². The van der Waals surface area contributed by atoms with Gasteiger partial charge in [-0.1, -0.05) is 18.2 Å². The summed E-state index contributed by atoms with van der Waals surface area (Å²) in [6, 6.07) is 4.69. The molecule has 1 saturated carbocycles. The van der Waals surface area contributed by atoms with Gasteiger partial charge in [0.05, 0.1) is 6.42 Å². The van der Waals surface area contributed by atoms with E-state index in [2.05, 4.69) is 0 Å². The van der Waals surface area contributed by atoms with E-state index in [4.69, 9.17) is 5.11 Å². The van der Waals surface area contributed by atoms with Crippen LogP contribution in [0.3, 0.4) is 0 Å². The number of carboxylic acid groups (broad SMARTS) is 1. The summed E-state index contributed by atoms with van der Waals surface area (Å²) in [6.07, 6.45) is -0.447. The average molecular weight is 256 g/mol. The number of benzene rings is 1. The lowest BCUT2D eigenvalue weighted by Gasteiger charge is -2.14. The number of halogens is 2. The van der Waals surface area contributed by atoms with E-state index in [-0.39, 0.29) is 30.6 Å². The molecule has 1 atom stereocenters. The first-order valence-corrected chi connectivity index (χ1v) is 5.79. The lowest BCUT2D eigenvalue weighted by atomic mass is 9.93. The minimum atomic E-state index is -2.68. The van der Waals surface area contributed by atoms with Gasteiger partial charge in [-0.3, -0.25) is 4.79 Å². The fourth-order valence-corrected chi connectivity index (χ4v) is 2.46. The summed E-state index contributed by atoms with van der Waals surface area (Å²) < 4.78 is 26.3. The van der Waals surface area contributed by atoms with Crippen LogP contribution in [0.1, 0.15) is 36.3 Å². The van der Waals surface area contributed by atoms with Gasteiger partial charge in [0.2, 0.25) is 5.92 Å². The molecule has 0 bridgehead atoms. The number of aromatic hydroxyl groups is 1. The van der Waals surface area contributed by atoms with E-state index in [9.17, 15) is 18.7 Å². The molecule has 0 heterocycles. The molecule has 1 aromatic carbocycles. The van der Waals surface area contributed by atoms with Crippen LogP contribution in [0.15, 0.2) is 18.2 Å². The van der Waals surface area contributed by atoms with Gasteiger partial charge in [0.15, 0.2) is 0 Å². The second kappa shape index (κ2) is 4.55. The zero-order valence-corrected chi connectivity index (χ0v) is 9.70. The van der Waals surface area contributed by atoms with Gasteiger partial charge in [0.25, 0.3) is 0 Å². The highest BCUT2D eigenvalue weighted by Crippen LogP contribution is 2.46. The highest BCUT2D eigenvalue weighted by molar-refractivity contribution is 5.71. The zero-order chi connectivity index (χ0) is 13.3. The maximum Gasteiger partial charge on any atom is 0.307 e. The number of aliphatic carboxylic acids is 1. The van der Waals surface area contributed by atoms with Crippen LogP contribution in [0.5, 0.6) is 5.75 Å². The summed E-state index contributed by atoms with van der Waals surface area (Å²) in [7, 11) is 0. The maximum atomic E-state index is 13.1. The van der Waals surface area contributed by atoms with Gasteiger partial charge in [-0.2, -0.15) is 0 Å². The van der Waals surface area contributed by atoms with Gasteiger partial charge in [-0.25, -0.2) is 8.78 Å². The van der Waals surface area contributed by atoms with Gasteiger partial charge in [-0.15, -0.1) is 0 Å². The standard InChI is InChI=1S/C13H14F2O3/c14-13(15)5-4-9(7-13)10-3-1-2-8(12(10)18)6-11(16)17/h1-3,9,18H,4-7H2,(H,16,17)/t9-/m0/s1. The average Bonchev–Trinajstić information content (AvgIpc) is 2.61. The Bertz CT molecular complexity index is 471. The lowest BCUT2D eigenvalue weighted by Crippen LogP contribution is -2.09. The number of hydrogen-bond acceptors (Lipinski definition) is 2. The van der Waals surface area contributed by atoms with Crippen LogP contribution in [-0.4, -0.2) is 22.1 Å². The highest BCUT2D eigenvalue weighted by atomic mass is 19.3. The topological polar surface area (TPSA) is 57.5 Å². The first-order chi connectivity index (χ1) is 8.39. The lowest BCUT2D eigenvalue weighted by molar-refractivity contribution is -0.136. The van der Waals surface area contributed by atoms with Crippen molar-refractivity contribution in [1.82, 2.24) is 0 Å². The van der Waals surface area contributed by atoms with Crippen molar-refractivity contribution in [3.63, 3.8) is 0 Å². The van der Waals surface area contributed by atoms with Crippen molar-refractivity contribution in [3.05, 3.63) is 29.3 Å². The largest absolute Gasteiger partial charge is 0.507 e. The molecule has 0 spiro atoms. The highest BCUT2D eigenvalue weighted by Gasteiger charge is 2.40. The summed E-state index contributed by atoms with van der Waals surface area (Å²) in [5.74, 6) is -4.28. The van der Waals surface area contributed by atoms with Crippen LogP contribution in [0.2, 0.25) is 0 Å². The molecule has 0 aromatic heterocycles. The van der Waals surface area contributed by atoms with E-state index in [1.54, 1.807) is 12.1 Å². The van der Waals surface area contributed by atoms with Crippen LogP contribution in [0, 0.1) is 0 Å². The summed E-state index contributed by atoms with van der Waals surface area (Å²) in [4.78, 5) is 10.6. The normalized spacial score (nSPS) is 22.0. The second-order valence-corrected chi connectivity index (χ2v) is 4.72. The monoisotopic (exact) mass is 256 g/mol. The minimum Gasteiger partial charge on any atom is -0.507 e. The van der Waals surface area contributed by atoms with Gasteiger partial charge in [0, 0.05) is 18.4 Å². The van der Waals surface area contributed by atoms with Crippen molar-refractivity contribution in [2.24, 2.45) is 0 Å². The molecule has 3 nitrogen and oxygen atoms in total. The Labute approximate surface area is 103 Å². The van der Waals surface area contributed by atoms with Crippen LogP contribution in [-0.2, 0) is 11.2 Å². The summed E-state index contributed by atoms with van der Waals surface area (Å²) in [5.41, 5.74) is 0.709. The molecule has 18 heavy (non-hydrogen) atoms. The molecular formula is C13H14F2O3. The SMILES string of the molecule is O=C(O)Cc1cccc([C@H]2CCC(F)(F)C2)c1O. The molecule has 2 N–H and O–H groups in total. The number of hydrogen-bond donors (Lipinski definition) is 2. The van der Waals surface area contributed by atoms with Crippen molar-refractivity contribution >= 4 is 5.97 Å². The van der Waals surface area contributed by atoms with Gasteiger partial charge in [-0.05, 0) is 17.9 Å². The molecule has 98 valence electrons. The minimum absolute atomic E-state index is 0.150. The van der Waals surface area contributed by atoms with Crippen LogP contribution < -0.4 is 0 Å². The van der Waals surface area contributed by atoms with Crippen LogP contribution in [0.4, 0.5) is 8.78 Å².